The van der Waals surface area contributed by atoms with E-state index in [0.717, 1.165) is 31.2 Å². The Balaban J connectivity index is 1.50. The molecule has 27 heavy (non-hydrogen) atoms. The van der Waals surface area contributed by atoms with Crippen LogP contribution >= 0.6 is 22.9 Å². The predicted molar refractivity (Wildman–Crippen MR) is 110 cm³/mol. The third kappa shape index (κ3) is 3.21. The van der Waals surface area contributed by atoms with Gasteiger partial charge in [-0.05, 0) is 51.0 Å². The quantitative estimate of drug-likeness (QED) is 0.731. The molecule has 144 valence electrons. The third-order valence-electron chi connectivity index (χ3n) is 5.99. The summed E-state index contributed by atoms with van der Waals surface area (Å²) in [6.45, 7) is 4.81. The molecule has 1 saturated heterocycles. The van der Waals surface area contributed by atoms with Gasteiger partial charge in [-0.25, -0.2) is 9.97 Å². The summed E-state index contributed by atoms with van der Waals surface area (Å²) in [5, 5.41) is 0.845. The zero-order chi connectivity index (χ0) is 18.5. The Morgan fingerprint density at radius 1 is 1.15 bits per heavy atom. The van der Waals surface area contributed by atoms with Crippen molar-refractivity contribution in [2.75, 3.05) is 31.1 Å². The number of carbonyl (C=O) groups is 1. The van der Waals surface area contributed by atoms with Crippen molar-refractivity contribution in [2.24, 2.45) is 0 Å². The maximum Gasteiger partial charge on any atom is 0.240 e. The molecule has 1 unspecified atom stereocenters. The Kier molecular flexibility index (Phi) is 4.51. The fourth-order valence-electron chi connectivity index (χ4n) is 4.30. The van der Waals surface area contributed by atoms with Gasteiger partial charge < -0.3 is 9.80 Å². The van der Waals surface area contributed by atoms with Gasteiger partial charge in [0.2, 0.25) is 5.91 Å². The first kappa shape index (κ1) is 17.7. The highest BCUT2D eigenvalue weighted by Gasteiger charge is 2.32. The highest BCUT2D eigenvalue weighted by Crippen LogP contribution is 2.44. The van der Waals surface area contributed by atoms with Crippen molar-refractivity contribution < 1.29 is 4.79 Å². The molecule has 1 amide bonds. The summed E-state index contributed by atoms with van der Waals surface area (Å²) in [5.41, 5.74) is 1.49. The number of halogens is 1. The van der Waals surface area contributed by atoms with Crippen LogP contribution in [-0.4, -0.2) is 52.3 Å². The smallest absolute Gasteiger partial charge is 0.240 e. The average molecular weight is 405 g/mol. The zero-order valence-electron chi connectivity index (χ0n) is 15.7. The van der Waals surface area contributed by atoms with Gasteiger partial charge in [0.05, 0.1) is 5.39 Å². The van der Waals surface area contributed by atoms with E-state index < -0.39 is 5.38 Å². The summed E-state index contributed by atoms with van der Waals surface area (Å²) in [7, 11) is 0. The molecule has 0 aromatic carbocycles. The van der Waals surface area contributed by atoms with Crippen molar-refractivity contribution in [1.29, 1.82) is 0 Å². The summed E-state index contributed by atoms with van der Waals surface area (Å²) in [5.74, 6) is 2.74. The Labute approximate surface area is 168 Å². The lowest BCUT2D eigenvalue weighted by molar-refractivity contribution is -0.130. The molecule has 5 rings (SSSR count). The minimum absolute atomic E-state index is 0.0377. The first-order chi connectivity index (χ1) is 13.1. The molecular formula is C20H25ClN4OS. The molecule has 1 saturated carbocycles. The fourth-order valence-corrected chi connectivity index (χ4v) is 5.70. The number of hydrogen-bond donors (Lipinski definition) is 0. The van der Waals surface area contributed by atoms with Crippen molar-refractivity contribution in [2.45, 2.75) is 56.7 Å². The van der Waals surface area contributed by atoms with E-state index in [0.29, 0.717) is 19.0 Å². The number of fused-ring (bicyclic) bond motifs is 3. The molecule has 2 aliphatic carbocycles. The molecule has 1 atom stereocenters. The van der Waals surface area contributed by atoms with E-state index in [-0.39, 0.29) is 5.91 Å². The van der Waals surface area contributed by atoms with Gasteiger partial charge in [-0.2, -0.15) is 0 Å². The van der Waals surface area contributed by atoms with Crippen molar-refractivity contribution >= 4 is 44.9 Å². The number of thiophene rings is 1. The summed E-state index contributed by atoms with van der Waals surface area (Å²) in [4.78, 5) is 29.2. The van der Waals surface area contributed by atoms with E-state index in [1.165, 1.54) is 52.8 Å². The van der Waals surface area contributed by atoms with Crippen molar-refractivity contribution in [3.8, 4) is 0 Å². The van der Waals surface area contributed by atoms with E-state index in [9.17, 15) is 4.79 Å². The lowest BCUT2D eigenvalue weighted by Gasteiger charge is -2.36. The number of rotatable bonds is 3. The average Bonchev–Trinajstić information content (AvgIpc) is 3.47. The molecule has 2 aromatic rings. The second-order valence-electron chi connectivity index (χ2n) is 8.00. The van der Waals surface area contributed by atoms with Crippen LogP contribution in [0.5, 0.6) is 0 Å². The van der Waals surface area contributed by atoms with Gasteiger partial charge in [0.1, 0.15) is 21.8 Å². The molecule has 0 radical (unpaired) electrons. The van der Waals surface area contributed by atoms with Crippen LogP contribution < -0.4 is 4.90 Å². The van der Waals surface area contributed by atoms with Crippen LogP contribution in [0.1, 0.15) is 54.8 Å². The summed E-state index contributed by atoms with van der Waals surface area (Å²) < 4.78 is 0. The number of aromatic nitrogens is 2. The first-order valence-corrected chi connectivity index (χ1v) is 11.4. The maximum absolute atomic E-state index is 12.2. The Morgan fingerprint density at radius 3 is 2.59 bits per heavy atom. The zero-order valence-corrected chi connectivity index (χ0v) is 17.3. The standard InChI is InChI=1S/C20H25ClN4OS/c1-12(21)20(26)25-10-8-24(9-11-25)18-16-14-4-2-3-5-15(14)27-19(16)23-17(22-18)13-6-7-13/h12-13H,2-11H2,1H3. The highest BCUT2D eigenvalue weighted by atomic mass is 35.5. The second kappa shape index (κ2) is 6.89. The number of nitrogens with zero attached hydrogens (tertiary/aromatic N) is 4. The van der Waals surface area contributed by atoms with Gasteiger partial charge in [0.15, 0.2) is 0 Å². The van der Waals surface area contributed by atoms with Crippen LogP contribution in [0.25, 0.3) is 10.2 Å². The van der Waals surface area contributed by atoms with E-state index in [2.05, 4.69) is 4.90 Å². The molecule has 0 N–H and O–H groups in total. The van der Waals surface area contributed by atoms with Crippen LogP contribution in [0.2, 0.25) is 0 Å². The fraction of sp³-hybridized carbons (Fsp3) is 0.650. The molecular weight excluding hydrogens is 380 g/mol. The maximum atomic E-state index is 12.2. The molecule has 2 fully saturated rings. The van der Waals surface area contributed by atoms with Gasteiger partial charge >= 0.3 is 0 Å². The number of amides is 1. The number of carbonyl (C=O) groups excluding carboxylic acids is 1. The molecule has 2 aromatic heterocycles. The monoisotopic (exact) mass is 404 g/mol. The lowest BCUT2D eigenvalue weighted by Crippen LogP contribution is -2.50. The van der Waals surface area contributed by atoms with Crippen LogP contribution in [0.3, 0.4) is 0 Å². The molecule has 3 aliphatic rings. The van der Waals surface area contributed by atoms with Crippen LogP contribution in [-0.2, 0) is 17.6 Å². The van der Waals surface area contributed by atoms with E-state index in [4.69, 9.17) is 21.6 Å². The van der Waals surface area contributed by atoms with E-state index >= 15 is 0 Å². The van der Waals surface area contributed by atoms with Crippen molar-refractivity contribution in [3.63, 3.8) is 0 Å². The van der Waals surface area contributed by atoms with Crippen LogP contribution in [0, 0.1) is 0 Å². The Morgan fingerprint density at radius 2 is 1.89 bits per heavy atom. The largest absolute Gasteiger partial charge is 0.352 e. The van der Waals surface area contributed by atoms with Gasteiger partial charge in [0, 0.05) is 37.0 Å². The normalized spacial score (nSPS) is 21.4. The van der Waals surface area contributed by atoms with Crippen LogP contribution in [0.15, 0.2) is 0 Å². The van der Waals surface area contributed by atoms with Crippen LogP contribution in [0.4, 0.5) is 5.82 Å². The van der Waals surface area contributed by atoms with Crippen molar-refractivity contribution in [3.05, 3.63) is 16.3 Å². The lowest BCUT2D eigenvalue weighted by atomic mass is 9.97. The number of aryl methyl sites for hydroxylation is 2. The number of hydrogen-bond acceptors (Lipinski definition) is 5. The molecule has 1 aliphatic heterocycles. The molecule has 0 bridgehead atoms. The summed E-state index contributed by atoms with van der Waals surface area (Å²) in [6, 6.07) is 0. The highest BCUT2D eigenvalue weighted by molar-refractivity contribution is 7.19. The summed E-state index contributed by atoms with van der Waals surface area (Å²) in [6.07, 6.45) is 7.31. The first-order valence-electron chi connectivity index (χ1n) is 10.1. The van der Waals surface area contributed by atoms with Crippen molar-refractivity contribution in [1.82, 2.24) is 14.9 Å². The number of piperazine rings is 1. The third-order valence-corrected chi connectivity index (χ3v) is 7.36. The minimum Gasteiger partial charge on any atom is -0.352 e. The summed E-state index contributed by atoms with van der Waals surface area (Å²) >= 11 is 7.88. The van der Waals surface area contributed by atoms with E-state index in [1.54, 1.807) is 6.92 Å². The molecule has 5 nitrogen and oxygen atoms in total. The second-order valence-corrected chi connectivity index (χ2v) is 9.74. The SMILES string of the molecule is CC(Cl)C(=O)N1CCN(c2nc(C3CC3)nc3sc4c(c23)CCCC4)CC1. The van der Waals surface area contributed by atoms with Gasteiger partial charge in [-0.3, -0.25) is 4.79 Å². The Bertz CT molecular complexity index is 884. The predicted octanol–water partition coefficient (Wildman–Crippen LogP) is 3.72. The van der Waals surface area contributed by atoms with E-state index in [1.807, 2.05) is 16.2 Å². The molecule has 3 heterocycles. The van der Waals surface area contributed by atoms with Gasteiger partial charge in [0.25, 0.3) is 0 Å². The Hall–Kier alpha value is -1.40. The number of anilines is 1. The molecule has 7 heteroatoms. The topological polar surface area (TPSA) is 49.3 Å². The molecule has 0 spiro atoms. The van der Waals surface area contributed by atoms with Gasteiger partial charge in [-0.1, -0.05) is 0 Å². The minimum atomic E-state index is -0.451. The van der Waals surface area contributed by atoms with Gasteiger partial charge in [-0.15, -0.1) is 22.9 Å². The number of alkyl halides is 1.